The Hall–Kier alpha value is -3.01. The lowest BCUT2D eigenvalue weighted by Crippen LogP contribution is -2.12. The number of rotatable bonds is 1. The monoisotopic (exact) mass is 289 g/mol. The number of carboxylic acids is 1. The molecule has 0 bridgehead atoms. The normalized spacial score (nSPS) is 12.3. The smallest absolute Gasteiger partial charge is 0.337 e. The van der Waals surface area contributed by atoms with Gasteiger partial charge in [0.05, 0.1) is 11.1 Å². The minimum Gasteiger partial charge on any atom is -0.478 e. The first kappa shape index (κ1) is 12.7. The summed E-state index contributed by atoms with van der Waals surface area (Å²) in [7, 11) is 0. The molecule has 22 heavy (non-hydrogen) atoms. The summed E-state index contributed by atoms with van der Waals surface area (Å²) in [4.78, 5) is 28.5. The molecule has 1 aromatic heterocycles. The number of aromatic carboxylic acids is 1. The van der Waals surface area contributed by atoms with Crippen LogP contribution in [-0.2, 0) is 0 Å². The van der Waals surface area contributed by atoms with Crippen LogP contribution >= 0.6 is 0 Å². The molecule has 0 saturated carbocycles. The number of ketones is 1. The number of benzene rings is 2. The standard InChI is InChI=1S/C18H11NO3/c1-9-8-14-10-4-2-3-5-11(10)17(20)12-6-7-13(18(21)22)16(19-9)15(12)14/h2-8H,1H3,(H,21,22). The summed E-state index contributed by atoms with van der Waals surface area (Å²) in [5, 5.41) is 10.0. The Bertz CT molecular complexity index is 989. The molecule has 3 aromatic rings. The summed E-state index contributed by atoms with van der Waals surface area (Å²) in [6.45, 7) is 1.83. The Labute approximate surface area is 126 Å². The van der Waals surface area contributed by atoms with E-state index in [9.17, 15) is 14.7 Å². The Morgan fingerprint density at radius 1 is 1.00 bits per heavy atom. The number of hydrogen-bond acceptors (Lipinski definition) is 3. The molecule has 1 N–H and O–H groups in total. The number of aromatic nitrogens is 1. The molecule has 0 saturated heterocycles. The van der Waals surface area contributed by atoms with Crippen molar-refractivity contribution in [2.24, 2.45) is 0 Å². The number of pyridine rings is 1. The number of carbonyl (C=O) groups excluding carboxylic acids is 1. The molecule has 4 nitrogen and oxygen atoms in total. The largest absolute Gasteiger partial charge is 0.478 e. The zero-order chi connectivity index (χ0) is 15.4. The van der Waals surface area contributed by atoms with Crippen molar-refractivity contribution in [3.8, 4) is 11.1 Å². The van der Waals surface area contributed by atoms with E-state index >= 15 is 0 Å². The Kier molecular flexibility index (Phi) is 2.45. The van der Waals surface area contributed by atoms with Gasteiger partial charge in [0, 0.05) is 22.2 Å². The van der Waals surface area contributed by atoms with Crippen molar-refractivity contribution in [3.63, 3.8) is 0 Å². The molecule has 0 aliphatic heterocycles. The quantitative estimate of drug-likeness (QED) is 0.582. The van der Waals surface area contributed by atoms with E-state index in [0.29, 0.717) is 22.0 Å². The fourth-order valence-corrected chi connectivity index (χ4v) is 3.10. The molecule has 1 aliphatic carbocycles. The van der Waals surface area contributed by atoms with Crippen LogP contribution in [0.4, 0.5) is 0 Å². The topological polar surface area (TPSA) is 67.3 Å². The average molecular weight is 289 g/mol. The van der Waals surface area contributed by atoms with E-state index in [1.807, 2.05) is 31.2 Å². The highest BCUT2D eigenvalue weighted by Crippen LogP contribution is 2.40. The lowest BCUT2D eigenvalue weighted by molar-refractivity contribution is 0.0698. The van der Waals surface area contributed by atoms with Gasteiger partial charge in [-0.3, -0.25) is 9.78 Å². The second kappa shape index (κ2) is 4.24. The van der Waals surface area contributed by atoms with E-state index in [0.717, 1.165) is 16.8 Å². The predicted molar refractivity (Wildman–Crippen MR) is 82.3 cm³/mol. The van der Waals surface area contributed by atoms with Crippen molar-refractivity contribution in [1.82, 2.24) is 4.98 Å². The fraction of sp³-hybridized carbons (Fsp3) is 0.0556. The first-order chi connectivity index (χ1) is 10.6. The van der Waals surface area contributed by atoms with Crippen LogP contribution in [0.25, 0.3) is 22.0 Å². The van der Waals surface area contributed by atoms with Gasteiger partial charge in [0.2, 0.25) is 0 Å². The molecule has 106 valence electrons. The number of hydrogen-bond donors (Lipinski definition) is 1. The van der Waals surface area contributed by atoms with E-state index in [1.165, 1.54) is 6.07 Å². The van der Waals surface area contributed by atoms with Crippen LogP contribution < -0.4 is 0 Å². The minimum atomic E-state index is -1.04. The molecule has 1 heterocycles. The molecular formula is C18H11NO3. The molecule has 1 aliphatic rings. The van der Waals surface area contributed by atoms with Gasteiger partial charge >= 0.3 is 5.97 Å². The van der Waals surface area contributed by atoms with Crippen molar-refractivity contribution in [1.29, 1.82) is 0 Å². The summed E-state index contributed by atoms with van der Waals surface area (Å²) in [6.07, 6.45) is 0. The van der Waals surface area contributed by atoms with Crippen molar-refractivity contribution in [2.45, 2.75) is 6.92 Å². The predicted octanol–water partition coefficient (Wildman–Crippen LogP) is 3.45. The van der Waals surface area contributed by atoms with Crippen LogP contribution in [0, 0.1) is 6.92 Å². The van der Waals surface area contributed by atoms with Gasteiger partial charge in [0.1, 0.15) is 0 Å². The number of carbonyl (C=O) groups is 2. The third-order valence-corrected chi connectivity index (χ3v) is 4.03. The number of nitrogens with zero attached hydrogens (tertiary/aromatic N) is 1. The average Bonchev–Trinajstić information content (AvgIpc) is 2.51. The summed E-state index contributed by atoms with van der Waals surface area (Å²) in [5.41, 5.74) is 4.09. The molecule has 0 spiro atoms. The van der Waals surface area contributed by atoms with E-state index < -0.39 is 5.97 Å². The first-order valence-electron chi connectivity index (χ1n) is 6.89. The number of fused-ring (bicyclic) bond motifs is 2. The lowest BCUT2D eigenvalue weighted by Gasteiger charge is -2.20. The summed E-state index contributed by atoms with van der Waals surface area (Å²) in [6, 6.07) is 12.3. The second-order valence-electron chi connectivity index (χ2n) is 5.38. The van der Waals surface area contributed by atoms with Crippen LogP contribution in [-0.4, -0.2) is 21.8 Å². The van der Waals surface area contributed by atoms with Gasteiger partial charge in [-0.25, -0.2) is 4.79 Å². The molecule has 0 fully saturated rings. The van der Waals surface area contributed by atoms with Gasteiger partial charge in [-0.2, -0.15) is 0 Å². The molecule has 4 heteroatoms. The van der Waals surface area contributed by atoms with Crippen LogP contribution in [0.1, 0.15) is 32.0 Å². The number of carboxylic acid groups (broad SMARTS) is 1. The molecule has 4 rings (SSSR count). The third-order valence-electron chi connectivity index (χ3n) is 4.03. The van der Waals surface area contributed by atoms with Gasteiger partial charge in [-0.05, 0) is 36.2 Å². The van der Waals surface area contributed by atoms with E-state index in [1.54, 1.807) is 12.1 Å². The van der Waals surface area contributed by atoms with Gasteiger partial charge in [-0.1, -0.05) is 24.3 Å². The van der Waals surface area contributed by atoms with Gasteiger partial charge in [0.25, 0.3) is 0 Å². The molecule has 0 amide bonds. The highest BCUT2D eigenvalue weighted by Gasteiger charge is 2.27. The Morgan fingerprint density at radius 2 is 1.73 bits per heavy atom. The molecule has 2 aromatic carbocycles. The van der Waals surface area contributed by atoms with Crippen LogP contribution in [0.3, 0.4) is 0 Å². The van der Waals surface area contributed by atoms with Crippen LogP contribution in [0.15, 0.2) is 42.5 Å². The first-order valence-corrected chi connectivity index (χ1v) is 6.89. The summed E-state index contributed by atoms with van der Waals surface area (Å²) in [5.74, 6) is -1.13. The lowest BCUT2D eigenvalue weighted by atomic mass is 9.83. The summed E-state index contributed by atoms with van der Waals surface area (Å²) < 4.78 is 0. The Morgan fingerprint density at radius 3 is 2.45 bits per heavy atom. The fourth-order valence-electron chi connectivity index (χ4n) is 3.10. The van der Waals surface area contributed by atoms with Crippen LogP contribution in [0.5, 0.6) is 0 Å². The minimum absolute atomic E-state index is 0.0873. The van der Waals surface area contributed by atoms with Gasteiger partial charge < -0.3 is 5.11 Å². The molecule has 0 unspecified atom stereocenters. The molecule has 0 radical (unpaired) electrons. The van der Waals surface area contributed by atoms with E-state index in [4.69, 9.17) is 0 Å². The van der Waals surface area contributed by atoms with Crippen LogP contribution in [0.2, 0.25) is 0 Å². The van der Waals surface area contributed by atoms with Crippen molar-refractivity contribution < 1.29 is 14.7 Å². The molecular weight excluding hydrogens is 278 g/mol. The SMILES string of the molecule is Cc1cc2c3c(ccc(C(=O)O)c3n1)C(=O)c1ccccc1-2. The van der Waals surface area contributed by atoms with Crippen molar-refractivity contribution in [2.75, 3.05) is 0 Å². The van der Waals surface area contributed by atoms with Gasteiger partial charge in [-0.15, -0.1) is 0 Å². The maximum Gasteiger partial charge on any atom is 0.337 e. The second-order valence-corrected chi connectivity index (χ2v) is 5.38. The van der Waals surface area contributed by atoms with Crippen molar-refractivity contribution in [3.05, 3.63) is 64.8 Å². The highest BCUT2D eigenvalue weighted by atomic mass is 16.4. The third kappa shape index (κ3) is 1.55. The maximum absolute atomic E-state index is 12.7. The summed E-state index contributed by atoms with van der Waals surface area (Å²) >= 11 is 0. The van der Waals surface area contributed by atoms with E-state index in [-0.39, 0.29) is 11.3 Å². The Balaban J connectivity index is 2.26. The maximum atomic E-state index is 12.7. The zero-order valence-electron chi connectivity index (χ0n) is 11.8. The van der Waals surface area contributed by atoms with E-state index in [2.05, 4.69) is 4.98 Å². The highest BCUT2D eigenvalue weighted by molar-refractivity contribution is 6.26. The number of aryl methyl sites for hydroxylation is 1. The zero-order valence-corrected chi connectivity index (χ0v) is 11.8. The van der Waals surface area contributed by atoms with Crippen molar-refractivity contribution >= 4 is 22.7 Å². The van der Waals surface area contributed by atoms with Gasteiger partial charge in [0.15, 0.2) is 5.78 Å². The molecule has 0 atom stereocenters.